The summed E-state index contributed by atoms with van der Waals surface area (Å²) >= 11 is 6.04. The quantitative estimate of drug-likeness (QED) is 0.836. The molecule has 0 spiro atoms. The molecule has 1 N–H and O–H groups in total. The second-order valence-electron chi connectivity index (χ2n) is 7.01. The van der Waals surface area contributed by atoms with E-state index in [1.54, 1.807) is 21.9 Å². The van der Waals surface area contributed by atoms with E-state index in [1.165, 1.54) is 0 Å². The summed E-state index contributed by atoms with van der Waals surface area (Å²) in [4.78, 5) is 29.9. The number of hydrogen-bond acceptors (Lipinski definition) is 3. The zero-order valence-electron chi connectivity index (χ0n) is 16.1. The average Bonchev–Trinajstić information content (AvgIpc) is 2.75. The Morgan fingerprint density at radius 2 is 1.72 bits per heavy atom. The van der Waals surface area contributed by atoms with E-state index in [0.29, 0.717) is 48.3 Å². The molecule has 2 aliphatic heterocycles. The largest absolute Gasteiger partial charge is 0.378 e. The van der Waals surface area contributed by atoms with Gasteiger partial charge in [-0.2, -0.15) is 0 Å². The van der Waals surface area contributed by atoms with Crippen LogP contribution in [0.3, 0.4) is 0 Å². The molecule has 2 aromatic rings. The molecule has 0 aliphatic carbocycles. The minimum Gasteiger partial charge on any atom is -0.378 e. The van der Waals surface area contributed by atoms with Crippen molar-refractivity contribution in [2.24, 2.45) is 0 Å². The predicted octanol–water partition coefficient (Wildman–Crippen LogP) is 3.74. The highest BCUT2D eigenvalue weighted by atomic mass is 35.5. The van der Waals surface area contributed by atoms with Crippen molar-refractivity contribution >= 4 is 29.2 Å². The highest BCUT2D eigenvalue weighted by Gasteiger charge is 2.38. The standard InChI is InChI=1S/C22H22ClN3O3/c1-15-19(21(27)25-11-13-29-14-12-25)20(16-7-9-17(23)10-8-16)24-22(28)26(15)18-5-3-2-4-6-18/h2-10,20H,11-14H2,1H3,(H,24,28). The van der Waals surface area contributed by atoms with Crippen molar-refractivity contribution in [3.8, 4) is 0 Å². The molecule has 2 aromatic carbocycles. The van der Waals surface area contributed by atoms with Crippen LogP contribution in [0.4, 0.5) is 10.5 Å². The third kappa shape index (κ3) is 3.86. The molecular formula is C22H22ClN3O3. The van der Waals surface area contributed by atoms with Gasteiger partial charge in [-0.15, -0.1) is 0 Å². The lowest BCUT2D eigenvalue weighted by molar-refractivity contribution is -0.131. The molecule has 0 saturated carbocycles. The lowest BCUT2D eigenvalue weighted by Gasteiger charge is -2.38. The molecule has 1 unspecified atom stereocenters. The van der Waals surface area contributed by atoms with Gasteiger partial charge >= 0.3 is 6.03 Å². The molecule has 1 saturated heterocycles. The van der Waals surface area contributed by atoms with Crippen molar-refractivity contribution in [3.63, 3.8) is 0 Å². The minimum atomic E-state index is -0.546. The van der Waals surface area contributed by atoms with Crippen molar-refractivity contribution in [3.05, 3.63) is 76.5 Å². The highest BCUT2D eigenvalue weighted by Crippen LogP contribution is 2.34. The Morgan fingerprint density at radius 3 is 2.38 bits per heavy atom. The van der Waals surface area contributed by atoms with E-state index in [1.807, 2.05) is 49.4 Å². The number of amides is 3. The summed E-state index contributed by atoms with van der Waals surface area (Å²) in [6, 6.07) is 15.7. The van der Waals surface area contributed by atoms with E-state index in [0.717, 1.165) is 5.56 Å². The summed E-state index contributed by atoms with van der Waals surface area (Å²) in [7, 11) is 0. The number of para-hydroxylation sites is 1. The molecule has 0 aromatic heterocycles. The van der Waals surface area contributed by atoms with Gasteiger partial charge in [0.15, 0.2) is 0 Å². The number of carbonyl (C=O) groups excluding carboxylic acids is 2. The van der Waals surface area contributed by atoms with Crippen molar-refractivity contribution < 1.29 is 14.3 Å². The van der Waals surface area contributed by atoms with Crippen LogP contribution in [0.25, 0.3) is 0 Å². The van der Waals surface area contributed by atoms with Crippen LogP contribution >= 0.6 is 11.6 Å². The van der Waals surface area contributed by atoms with Crippen LogP contribution < -0.4 is 10.2 Å². The minimum absolute atomic E-state index is 0.0910. The Balaban J connectivity index is 1.80. The number of benzene rings is 2. The molecule has 0 bridgehead atoms. The maximum absolute atomic E-state index is 13.5. The van der Waals surface area contributed by atoms with Crippen LogP contribution in [0.15, 0.2) is 65.9 Å². The lowest BCUT2D eigenvalue weighted by atomic mass is 9.93. The Kier molecular flexibility index (Phi) is 5.56. The molecule has 2 heterocycles. The van der Waals surface area contributed by atoms with E-state index in [9.17, 15) is 9.59 Å². The number of halogens is 1. The van der Waals surface area contributed by atoms with Crippen molar-refractivity contribution in [1.29, 1.82) is 0 Å². The predicted molar refractivity (Wildman–Crippen MR) is 112 cm³/mol. The topological polar surface area (TPSA) is 61.9 Å². The lowest BCUT2D eigenvalue weighted by Crippen LogP contribution is -2.51. The summed E-state index contributed by atoms with van der Waals surface area (Å²) in [6.45, 7) is 3.91. The number of urea groups is 1. The summed E-state index contributed by atoms with van der Waals surface area (Å²) in [5.41, 5.74) is 2.70. The zero-order valence-corrected chi connectivity index (χ0v) is 16.9. The van der Waals surface area contributed by atoms with Crippen molar-refractivity contribution in [2.45, 2.75) is 13.0 Å². The van der Waals surface area contributed by atoms with Crippen molar-refractivity contribution in [2.75, 3.05) is 31.2 Å². The maximum Gasteiger partial charge on any atom is 0.326 e. The van der Waals surface area contributed by atoms with E-state index in [2.05, 4.69) is 5.32 Å². The van der Waals surface area contributed by atoms with Gasteiger partial charge in [0.05, 0.1) is 30.5 Å². The van der Waals surface area contributed by atoms with Crippen LogP contribution in [-0.2, 0) is 9.53 Å². The first-order valence-corrected chi connectivity index (χ1v) is 9.93. The Hall–Kier alpha value is -2.83. The summed E-state index contributed by atoms with van der Waals surface area (Å²) in [5.74, 6) is -0.0910. The van der Waals surface area contributed by atoms with Gasteiger partial charge in [-0.1, -0.05) is 41.9 Å². The number of anilines is 1. The smallest absolute Gasteiger partial charge is 0.326 e. The number of rotatable bonds is 3. The van der Waals surface area contributed by atoms with Gasteiger partial charge in [0, 0.05) is 23.8 Å². The number of morpholine rings is 1. The number of ether oxygens (including phenoxy) is 1. The van der Waals surface area contributed by atoms with Gasteiger partial charge in [0.1, 0.15) is 0 Å². The summed E-state index contributed by atoms with van der Waals surface area (Å²) in [6.07, 6.45) is 0. The number of nitrogens with zero attached hydrogens (tertiary/aromatic N) is 2. The van der Waals surface area contributed by atoms with E-state index in [-0.39, 0.29) is 11.9 Å². The van der Waals surface area contributed by atoms with Gasteiger partial charge < -0.3 is 15.0 Å². The molecule has 4 rings (SSSR count). The van der Waals surface area contributed by atoms with Crippen molar-refractivity contribution in [1.82, 2.24) is 10.2 Å². The van der Waals surface area contributed by atoms with E-state index in [4.69, 9.17) is 16.3 Å². The van der Waals surface area contributed by atoms with E-state index < -0.39 is 6.04 Å². The highest BCUT2D eigenvalue weighted by molar-refractivity contribution is 6.30. The average molecular weight is 412 g/mol. The second-order valence-corrected chi connectivity index (χ2v) is 7.45. The van der Waals surface area contributed by atoms with Gasteiger partial charge in [-0.3, -0.25) is 9.69 Å². The molecule has 29 heavy (non-hydrogen) atoms. The van der Waals surface area contributed by atoms with Gasteiger partial charge in [-0.25, -0.2) is 4.79 Å². The van der Waals surface area contributed by atoms with Gasteiger partial charge in [0.2, 0.25) is 0 Å². The van der Waals surface area contributed by atoms with Crippen LogP contribution in [0.2, 0.25) is 5.02 Å². The first kappa shape index (κ1) is 19.5. The monoisotopic (exact) mass is 411 g/mol. The number of carbonyl (C=O) groups is 2. The van der Waals surface area contributed by atoms with Crippen LogP contribution in [-0.4, -0.2) is 43.1 Å². The number of nitrogens with one attached hydrogen (secondary N) is 1. The molecule has 0 radical (unpaired) electrons. The normalized spacial score (nSPS) is 19.9. The third-order valence-corrected chi connectivity index (χ3v) is 5.48. The second kappa shape index (κ2) is 8.27. The maximum atomic E-state index is 13.5. The van der Waals surface area contributed by atoms with Gasteiger partial charge in [0.25, 0.3) is 5.91 Å². The van der Waals surface area contributed by atoms with Crippen LogP contribution in [0, 0.1) is 0 Å². The zero-order chi connectivity index (χ0) is 20.4. The summed E-state index contributed by atoms with van der Waals surface area (Å²) in [5, 5.41) is 3.61. The molecule has 7 heteroatoms. The number of hydrogen-bond donors (Lipinski definition) is 1. The summed E-state index contributed by atoms with van der Waals surface area (Å²) < 4.78 is 5.39. The molecule has 1 atom stereocenters. The first-order chi connectivity index (χ1) is 14.1. The van der Waals surface area contributed by atoms with Gasteiger partial charge in [-0.05, 0) is 36.8 Å². The molecule has 2 aliphatic rings. The number of allylic oxidation sites excluding steroid dienone is 1. The first-order valence-electron chi connectivity index (χ1n) is 9.55. The Labute approximate surface area is 174 Å². The third-order valence-electron chi connectivity index (χ3n) is 5.23. The van der Waals surface area contributed by atoms with Crippen LogP contribution in [0.5, 0.6) is 0 Å². The SMILES string of the molecule is CC1=C(C(=O)N2CCOCC2)C(c2ccc(Cl)cc2)NC(=O)N1c1ccccc1. The Morgan fingerprint density at radius 1 is 1.07 bits per heavy atom. The fourth-order valence-electron chi connectivity index (χ4n) is 3.75. The molecular weight excluding hydrogens is 390 g/mol. The molecule has 150 valence electrons. The van der Waals surface area contributed by atoms with E-state index >= 15 is 0 Å². The molecule has 6 nitrogen and oxygen atoms in total. The fraction of sp³-hybridized carbons (Fsp3) is 0.273. The molecule has 3 amide bonds. The fourth-order valence-corrected chi connectivity index (χ4v) is 3.88. The van der Waals surface area contributed by atoms with Crippen LogP contribution in [0.1, 0.15) is 18.5 Å². The Bertz CT molecular complexity index is 938. The molecule has 1 fully saturated rings.